The molecule has 8 nitrogen and oxygen atoms in total. The highest BCUT2D eigenvalue weighted by molar-refractivity contribution is 5.87. The van der Waals surface area contributed by atoms with Gasteiger partial charge in [0.15, 0.2) is 0 Å². The monoisotopic (exact) mass is 338 g/mol. The molecular weight excluding hydrogens is 316 g/mol. The summed E-state index contributed by atoms with van der Waals surface area (Å²) in [5.41, 5.74) is 1.86. The maximum Gasteiger partial charge on any atom is 0.227 e. The molecule has 0 saturated carbocycles. The lowest BCUT2D eigenvalue weighted by atomic mass is 10.3. The number of hydrogen-bond acceptors (Lipinski definition) is 7. The largest absolute Gasteiger partial charge is 0.370 e. The first-order valence-corrected chi connectivity index (χ1v) is 8.62. The van der Waals surface area contributed by atoms with Crippen LogP contribution < -0.4 is 15.1 Å². The number of aryl methyl sites for hydroxylation is 1. The van der Waals surface area contributed by atoms with Gasteiger partial charge in [-0.3, -0.25) is 0 Å². The molecule has 4 rings (SSSR count). The van der Waals surface area contributed by atoms with Crippen LogP contribution in [-0.4, -0.2) is 57.6 Å². The Kier molecular flexibility index (Phi) is 4.09. The molecule has 3 aromatic rings. The zero-order valence-electron chi connectivity index (χ0n) is 14.5. The molecule has 1 aliphatic rings. The zero-order chi connectivity index (χ0) is 17.2. The smallest absolute Gasteiger partial charge is 0.227 e. The first-order chi connectivity index (χ1) is 12.2. The van der Waals surface area contributed by atoms with Crippen LogP contribution in [-0.2, 0) is 0 Å². The third kappa shape index (κ3) is 3.07. The quantitative estimate of drug-likeness (QED) is 0.750. The summed E-state index contributed by atoms with van der Waals surface area (Å²) in [6.07, 6.45) is 3.52. The van der Waals surface area contributed by atoms with E-state index in [9.17, 15) is 0 Å². The van der Waals surface area contributed by atoms with E-state index in [2.05, 4.69) is 47.0 Å². The molecule has 0 spiro atoms. The fourth-order valence-electron chi connectivity index (χ4n) is 3.19. The van der Waals surface area contributed by atoms with Gasteiger partial charge in [0.25, 0.3) is 0 Å². The normalized spacial score (nSPS) is 15.0. The molecule has 1 saturated heterocycles. The van der Waals surface area contributed by atoms with E-state index in [0.717, 1.165) is 67.0 Å². The van der Waals surface area contributed by atoms with Gasteiger partial charge in [-0.2, -0.15) is 4.98 Å². The van der Waals surface area contributed by atoms with Crippen molar-refractivity contribution in [3.63, 3.8) is 0 Å². The number of hydrogen-bond donors (Lipinski definition) is 2. The number of fused-ring (bicyclic) bond motifs is 1. The second-order valence-electron chi connectivity index (χ2n) is 6.14. The van der Waals surface area contributed by atoms with Crippen LogP contribution in [0.5, 0.6) is 0 Å². The minimum absolute atomic E-state index is 0.796. The maximum atomic E-state index is 4.64. The summed E-state index contributed by atoms with van der Waals surface area (Å²) in [6.45, 7) is 8.42. The first-order valence-electron chi connectivity index (χ1n) is 8.62. The van der Waals surface area contributed by atoms with Gasteiger partial charge in [-0.25, -0.2) is 15.0 Å². The fraction of sp³-hybridized carbons (Fsp3) is 0.412. The van der Waals surface area contributed by atoms with Gasteiger partial charge < -0.3 is 20.1 Å². The van der Waals surface area contributed by atoms with Gasteiger partial charge in [0, 0.05) is 50.7 Å². The van der Waals surface area contributed by atoms with Crippen molar-refractivity contribution < 1.29 is 0 Å². The van der Waals surface area contributed by atoms with Gasteiger partial charge in [0.05, 0.1) is 5.39 Å². The van der Waals surface area contributed by atoms with Gasteiger partial charge >= 0.3 is 0 Å². The highest BCUT2D eigenvalue weighted by Gasteiger charge is 2.22. The molecule has 3 aromatic heterocycles. The lowest BCUT2D eigenvalue weighted by Gasteiger charge is -2.35. The van der Waals surface area contributed by atoms with Crippen LogP contribution in [0.3, 0.4) is 0 Å². The Balaban J connectivity index is 1.51. The summed E-state index contributed by atoms with van der Waals surface area (Å²) in [6, 6.07) is 4.01. The van der Waals surface area contributed by atoms with E-state index in [0.29, 0.717) is 0 Å². The Morgan fingerprint density at radius 2 is 1.92 bits per heavy atom. The van der Waals surface area contributed by atoms with Crippen LogP contribution >= 0.6 is 0 Å². The Morgan fingerprint density at radius 3 is 2.72 bits per heavy atom. The molecule has 0 aromatic carbocycles. The van der Waals surface area contributed by atoms with Gasteiger partial charge in [-0.1, -0.05) is 0 Å². The maximum absolute atomic E-state index is 4.64. The van der Waals surface area contributed by atoms with Crippen molar-refractivity contribution in [1.82, 2.24) is 24.9 Å². The molecule has 0 radical (unpaired) electrons. The van der Waals surface area contributed by atoms with Crippen LogP contribution in [0.25, 0.3) is 11.0 Å². The molecule has 0 atom stereocenters. The van der Waals surface area contributed by atoms with Gasteiger partial charge in [-0.15, -0.1) is 0 Å². The summed E-state index contributed by atoms with van der Waals surface area (Å²) in [5, 5.41) is 4.34. The van der Waals surface area contributed by atoms with E-state index in [1.165, 1.54) is 0 Å². The number of nitrogens with zero attached hydrogens (tertiary/aromatic N) is 6. The topological polar surface area (TPSA) is 85.9 Å². The number of aromatic nitrogens is 5. The average molecular weight is 338 g/mol. The number of aromatic amines is 1. The van der Waals surface area contributed by atoms with Crippen molar-refractivity contribution in [3.8, 4) is 0 Å². The zero-order valence-corrected chi connectivity index (χ0v) is 14.5. The highest BCUT2D eigenvalue weighted by atomic mass is 15.3. The minimum Gasteiger partial charge on any atom is -0.370 e. The first kappa shape index (κ1) is 15.6. The third-order valence-corrected chi connectivity index (χ3v) is 4.40. The van der Waals surface area contributed by atoms with E-state index in [1.54, 1.807) is 6.33 Å². The number of rotatable bonds is 4. The molecule has 0 unspecified atom stereocenters. The molecule has 1 fully saturated rings. The van der Waals surface area contributed by atoms with Crippen LogP contribution in [0.4, 0.5) is 17.6 Å². The van der Waals surface area contributed by atoms with Crippen molar-refractivity contribution in [3.05, 3.63) is 30.4 Å². The van der Waals surface area contributed by atoms with Crippen LogP contribution in [0.15, 0.2) is 24.7 Å². The number of H-pyrrole nitrogens is 1. The predicted octanol–water partition coefficient (Wildman–Crippen LogP) is 1.81. The highest BCUT2D eigenvalue weighted by Crippen LogP contribution is 2.24. The standard InChI is InChI=1S/C17H22N8/c1-3-18-14-10-12(2)22-17(23-14)25-8-6-24(7-9-25)16-13-4-5-19-15(13)20-11-21-16/h4-5,10-11H,3,6-9H2,1-2H3,(H,18,22,23)(H,19,20,21). The van der Waals surface area contributed by atoms with Crippen molar-refractivity contribution in [1.29, 1.82) is 0 Å². The molecule has 1 aliphatic heterocycles. The second-order valence-corrected chi connectivity index (χ2v) is 6.14. The second kappa shape index (κ2) is 6.54. The SMILES string of the molecule is CCNc1cc(C)nc(N2CCN(c3ncnc4[nH]ccc34)CC2)n1. The molecule has 0 amide bonds. The van der Waals surface area contributed by atoms with Crippen molar-refractivity contribution in [2.45, 2.75) is 13.8 Å². The van der Waals surface area contributed by atoms with E-state index in [-0.39, 0.29) is 0 Å². The van der Waals surface area contributed by atoms with Gasteiger partial charge in [0.2, 0.25) is 5.95 Å². The lowest BCUT2D eigenvalue weighted by Crippen LogP contribution is -2.47. The number of piperazine rings is 1. The Labute approximate surface area is 146 Å². The summed E-state index contributed by atoms with van der Waals surface area (Å²) >= 11 is 0. The van der Waals surface area contributed by atoms with E-state index in [1.807, 2.05) is 25.3 Å². The number of anilines is 3. The lowest BCUT2D eigenvalue weighted by molar-refractivity contribution is 0.635. The molecule has 8 heteroatoms. The summed E-state index contributed by atoms with van der Waals surface area (Å²) < 4.78 is 0. The summed E-state index contributed by atoms with van der Waals surface area (Å²) in [7, 11) is 0. The van der Waals surface area contributed by atoms with E-state index >= 15 is 0 Å². The molecule has 0 bridgehead atoms. The Morgan fingerprint density at radius 1 is 1.12 bits per heavy atom. The Bertz CT molecular complexity index is 866. The van der Waals surface area contributed by atoms with Crippen molar-refractivity contribution in [2.75, 3.05) is 47.8 Å². The molecule has 25 heavy (non-hydrogen) atoms. The van der Waals surface area contributed by atoms with Crippen molar-refractivity contribution >= 4 is 28.6 Å². The Hall–Kier alpha value is -2.90. The fourth-order valence-corrected chi connectivity index (χ4v) is 3.19. The number of nitrogens with one attached hydrogen (secondary N) is 2. The van der Waals surface area contributed by atoms with Gasteiger partial charge in [0.1, 0.15) is 23.6 Å². The van der Waals surface area contributed by atoms with E-state index < -0.39 is 0 Å². The molecule has 130 valence electrons. The molecule has 4 heterocycles. The van der Waals surface area contributed by atoms with Crippen molar-refractivity contribution in [2.24, 2.45) is 0 Å². The van der Waals surface area contributed by atoms with Gasteiger partial charge in [-0.05, 0) is 19.9 Å². The molecule has 2 N–H and O–H groups in total. The molecule has 0 aliphatic carbocycles. The van der Waals surface area contributed by atoms with Crippen LogP contribution in [0, 0.1) is 6.92 Å². The summed E-state index contributed by atoms with van der Waals surface area (Å²) in [4.78, 5) is 25.7. The van der Waals surface area contributed by atoms with E-state index in [4.69, 9.17) is 0 Å². The van der Waals surface area contributed by atoms with Crippen LogP contribution in [0.2, 0.25) is 0 Å². The molecular formula is C17H22N8. The predicted molar refractivity (Wildman–Crippen MR) is 99.2 cm³/mol. The minimum atomic E-state index is 0.796. The average Bonchev–Trinajstić information content (AvgIpc) is 3.10. The third-order valence-electron chi connectivity index (χ3n) is 4.40. The summed E-state index contributed by atoms with van der Waals surface area (Å²) in [5.74, 6) is 2.67. The van der Waals surface area contributed by atoms with Crippen LogP contribution in [0.1, 0.15) is 12.6 Å².